The van der Waals surface area contributed by atoms with Gasteiger partial charge in [-0.2, -0.15) is 0 Å². The molecule has 1 atom stereocenters. The molecule has 0 amide bonds. The molecule has 104 valence electrons. The lowest BCUT2D eigenvalue weighted by Crippen LogP contribution is -2.32. The van der Waals surface area contributed by atoms with Crippen LogP contribution in [0.15, 0.2) is 30.3 Å². The topological polar surface area (TPSA) is 3.24 Å². The maximum Gasteiger partial charge on any atom is 0.0785 e. The molecule has 0 spiro atoms. The van der Waals surface area contributed by atoms with Crippen molar-refractivity contribution in [3.63, 3.8) is 0 Å². The zero-order valence-corrected chi connectivity index (χ0v) is 12.3. The Morgan fingerprint density at radius 2 is 1.44 bits per heavy atom. The van der Waals surface area contributed by atoms with Gasteiger partial charge in [-0.05, 0) is 38.4 Å². The number of hydrogen-bond acceptors (Lipinski definition) is 1. The monoisotopic (exact) mass is 253 g/mol. The van der Waals surface area contributed by atoms with E-state index in [2.05, 4.69) is 42.2 Å². The lowest BCUT2D eigenvalue weighted by Gasteiger charge is -2.32. The van der Waals surface area contributed by atoms with Crippen molar-refractivity contribution in [3.05, 3.63) is 35.9 Å². The molecule has 1 nitrogen and oxygen atoms in total. The molecule has 1 fully saturated rings. The minimum absolute atomic E-state index is 0.500. The van der Waals surface area contributed by atoms with Gasteiger partial charge in [0, 0.05) is 6.04 Å². The van der Waals surface area contributed by atoms with Crippen molar-refractivity contribution >= 4 is 0 Å². The highest BCUT2D eigenvalue weighted by Gasteiger charge is 2.17. The average Bonchev–Trinajstić information content (AvgIpc) is 2.52. The maximum absolute atomic E-state index is 9.50. The number of hydrogen-bond donors (Lipinski definition) is 0. The summed E-state index contributed by atoms with van der Waals surface area (Å²) in [7, 11) is 0.500. The van der Waals surface area contributed by atoms with Crippen LogP contribution in [0.25, 0.3) is 0 Å². The molecule has 1 aromatic rings. The number of alkyl halides is 1. The van der Waals surface area contributed by atoms with Gasteiger partial charge in [-0.3, -0.25) is 9.29 Å². The quantitative estimate of drug-likeness (QED) is 0.728. The average molecular weight is 253 g/mol. The number of benzene rings is 1. The van der Waals surface area contributed by atoms with Crippen LogP contribution < -0.4 is 0 Å². The van der Waals surface area contributed by atoms with Gasteiger partial charge in [0.1, 0.15) is 0 Å². The van der Waals surface area contributed by atoms with E-state index in [0.717, 1.165) is 0 Å². The predicted molar refractivity (Wildman–Crippen MR) is 78.7 cm³/mol. The van der Waals surface area contributed by atoms with Gasteiger partial charge in [-0.1, -0.05) is 50.6 Å². The maximum atomic E-state index is 9.50. The first-order chi connectivity index (χ1) is 8.88. The summed E-state index contributed by atoms with van der Waals surface area (Å²) in [5.74, 6) is 0. The molecule has 18 heavy (non-hydrogen) atoms. The Hall–Kier alpha value is -0.890. The second-order valence-electron chi connectivity index (χ2n) is 4.18. The van der Waals surface area contributed by atoms with Gasteiger partial charge in [-0.25, -0.2) is 0 Å². The highest BCUT2D eigenvalue weighted by molar-refractivity contribution is 5.18. The molecular formula is C16H28FN. The third-order valence-corrected chi connectivity index (χ3v) is 3.22. The summed E-state index contributed by atoms with van der Waals surface area (Å²) in [6, 6.07) is 11.4. The first kappa shape index (κ1) is 17.1. The fourth-order valence-electron chi connectivity index (χ4n) is 2.25. The van der Waals surface area contributed by atoms with Crippen LogP contribution in [-0.2, 0) is 0 Å². The molecular weight excluding hydrogens is 225 g/mol. The molecule has 1 unspecified atom stereocenters. The summed E-state index contributed by atoms with van der Waals surface area (Å²) in [5.41, 5.74) is 1.45. The summed E-state index contributed by atoms with van der Waals surface area (Å²) in [5, 5.41) is 0. The number of halogens is 1. The normalized spacial score (nSPS) is 16.7. The van der Waals surface area contributed by atoms with Gasteiger partial charge >= 0.3 is 0 Å². The van der Waals surface area contributed by atoms with Gasteiger partial charge < -0.3 is 0 Å². The van der Waals surface area contributed by atoms with E-state index >= 15 is 0 Å². The number of nitrogens with zero attached hydrogens (tertiary/aromatic N) is 1. The Morgan fingerprint density at radius 3 is 1.94 bits per heavy atom. The third kappa shape index (κ3) is 5.63. The Balaban J connectivity index is 0.000000659. The Kier molecular flexibility index (Phi) is 10.7. The van der Waals surface area contributed by atoms with Gasteiger partial charge in [0.15, 0.2) is 0 Å². The fourth-order valence-corrected chi connectivity index (χ4v) is 2.25. The summed E-state index contributed by atoms with van der Waals surface area (Å²) in [6.45, 7) is 8.87. The molecule has 0 aliphatic carbocycles. The molecule has 0 aromatic heterocycles. The molecule has 1 aromatic carbocycles. The zero-order valence-electron chi connectivity index (χ0n) is 12.3. The van der Waals surface area contributed by atoms with Crippen LogP contribution >= 0.6 is 0 Å². The van der Waals surface area contributed by atoms with Crippen LogP contribution in [0.4, 0.5) is 4.39 Å². The van der Waals surface area contributed by atoms with Crippen molar-refractivity contribution in [3.8, 4) is 0 Å². The second-order valence-corrected chi connectivity index (χ2v) is 4.18. The van der Waals surface area contributed by atoms with Crippen molar-refractivity contribution in [2.75, 3.05) is 20.3 Å². The van der Waals surface area contributed by atoms with Crippen LogP contribution in [0.3, 0.4) is 0 Å². The van der Waals surface area contributed by atoms with Crippen molar-refractivity contribution in [1.82, 2.24) is 4.90 Å². The minimum Gasteiger partial charge on any atom is -0.297 e. The molecule has 2 rings (SSSR count). The van der Waals surface area contributed by atoms with Gasteiger partial charge in [0.05, 0.1) is 7.18 Å². The predicted octanol–water partition coefficient (Wildman–Crippen LogP) is 4.85. The first-order valence-electron chi connectivity index (χ1n) is 7.05. The molecule has 0 saturated carbocycles. The summed E-state index contributed by atoms with van der Waals surface area (Å²) < 4.78 is 9.50. The van der Waals surface area contributed by atoms with Crippen LogP contribution in [0.5, 0.6) is 0 Å². The van der Waals surface area contributed by atoms with Crippen molar-refractivity contribution in [2.45, 2.75) is 46.1 Å². The minimum atomic E-state index is 0.500. The second kappa shape index (κ2) is 11.2. The highest BCUT2D eigenvalue weighted by atomic mass is 19.1. The van der Waals surface area contributed by atoms with Crippen molar-refractivity contribution < 1.29 is 4.39 Å². The Labute approximate surface area is 112 Å². The standard InChI is InChI=1S/C13H19N.C2H6.CH3F/c1-12(13-8-4-2-5-9-13)14-10-6-3-7-11-14;2*1-2/h2,4-5,8-9,12H,3,6-7,10-11H2,1H3;1-2H3;1H3. The Bertz CT molecular complexity index is 268. The van der Waals surface area contributed by atoms with E-state index in [9.17, 15) is 4.39 Å². The van der Waals surface area contributed by atoms with Crippen LogP contribution in [0.2, 0.25) is 0 Å². The number of likely N-dealkylation sites (tertiary alicyclic amines) is 1. The molecule has 0 bridgehead atoms. The van der Waals surface area contributed by atoms with Crippen LogP contribution in [-0.4, -0.2) is 25.2 Å². The molecule has 0 radical (unpaired) electrons. The lowest BCUT2D eigenvalue weighted by molar-refractivity contribution is 0.175. The van der Waals surface area contributed by atoms with Gasteiger partial charge in [0.25, 0.3) is 0 Å². The van der Waals surface area contributed by atoms with E-state index in [4.69, 9.17) is 0 Å². The SMILES string of the molecule is CC.CC(c1ccccc1)N1CCCCC1.CF. The third-order valence-electron chi connectivity index (χ3n) is 3.22. The number of piperidine rings is 1. The van der Waals surface area contributed by atoms with Gasteiger partial charge in [0.2, 0.25) is 0 Å². The lowest BCUT2D eigenvalue weighted by atomic mass is 10.0. The van der Waals surface area contributed by atoms with Crippen molar-refractivity contribution in [2.24, 2.45) is 0 Å². The molecule has 1 saturated heterocycles. The van der Waals surface area contributed by atoms with Crippen LogP contribution in [0, 0.1) is 0 Å². The van der Waals surface area contributed by atoms with Crippen molar-refractivity contribution in [1.29, 1.82) is 0 Å². The Morgan fingerprint density at radius 1 is 0.944 bits per heavy atom. The molecule has 1 aliphatic heterocycles. The molecule has 2 heteroatoms. The van der Waals surface area contributed by atoms with Gasteiger partial charge in [-0.15, -0.1) is 0 Å². The summed E-state index contributed by atoms with van der Waals surface area (Å²) >= 11 is 0. The summed E-state index contributed by atoms with van der Waals surface area (Å²) in [6.07, 6.45) is 4.16. The number of rotatable bonds is 2. The van der Waals surface area contributed by atoms with E-state index in [1.54, 1.807) is 0 Å². The van der Waals surface area contributed by atoms with E-state index in [1.807, 2.05) is 13.8 Å². The highest BCUT2D eigenvalue weighted by Crippen LogP contribution is 2.23. The zero-order chi connectivity index (χ0) is 13.8. The fraction of sp³-hybridized carbons (Fsp3) is 0.625. The van der Waals surface area contributed by atoms with Crippen LogP contribution in [0.1, 0.15) is 51.6 Å². The smallest absolute Gasteiger partial charge is 0.0785 e. The summed E-state index contributed by atoms with van der Waals surface area (Å²) in [4.78, 5) is 2.60. The van der Waals surface area contributed by atoms with E-state index in [1.165, 1.54) is 37.9 Å². The van der Waals surface area contributed by atoms with E-state index in [0.29, 0.717) is 13.2 Å². The molecule has 0 N–H and O–H groups in total. The molecule has 1 aliphatic rings. The van der Waals surface area contributed by atoms with E-state index < -0.39 is 0 Å². The largest absolute Gasteiger partial charge is 0.297 e. The molecule has 1 heterocycles. The first-order valence-corrected chi connectivity index (χ1v) is 7.05. The van der Waals surface area contributed by atoms with E-state index in [-0.39, 0.29) is 0 Å².